The molecule has 1 heterocycles. The third-order valence-corrected chi connectivity index (χ3v) is 3.14. The summed E-state index contributed by atoms with van der Waals surface area (Å²) in [4.78, 5) is 6.80. The van der Waals surface area contributed by atoms with Crippen molar-refractivity contribution in [3.05, 3.63) is 11.9 Å². The van der Waals surface area contributed by atoms with Crippen LogP contribution in [0.3, 0.4) is 0 Å². The second kappa shape index (κ2) is 7.41. The highest BCUT2D eigenvalue weighted by Gasteiger charge is 2.11. The normalized spacial score (nSPS) is 13.0. The van der Waals surface area contributed by atoms with Crippen molar-refractivity contribution in [2.75, 3.05) is 32.5 Å². The fraction of sp³-hybridized carbons (Fsp3) is 0.786. The SMILES string of the molecule is CCCCNc1nc(C)cn1C(C)CCN(C)C. The van der Waals surface area contributed by atoms with Crippen LogP contribution in [-0.2, 0) is 0 Å². The number of aromatic nitrogens is 2. The molecule has 0 aliphatic heterocycles. The summed E-state index contributed by atoms with van der Waals surface area (Å²) in [6.45, 7) is 8.63. The highest BCUT2D eigenvalue weighted by atomic mass is 15.2. The van der Waals surface area contributed by atoms with Crippen molar-refractivity contribution in [3.8, 4) is 0 Å². The molecule has 0 aromatic carbocycles. The standard InChI is InChI=1S/C14H28N4/c1-6-7-9-15-14-16-12(2)11-18(14)13(3)8-10-17(4)5/h11,13H,6-10H2,1-5H3,(H,15,16). The van der Waals surface area contributed by atoms with Gasteiger partial charge in [-0.1, -0.05) is 13.3 Å². The lowest BCUT2D eigenvalue weighted by molar-refractivity contribution is 0.359. The van der Waals surface area contributed by atoms with Gasteiger partial charge in [0, 0.05) is 18.8 Å². The molecule has 104 valence electrons. The fourth-order valence-electron chi connectivity index (χ4n) is 1.94. The third-order valence-electron chi connectivity index (χ3n) is 3.14. The number of nitrogens with one attached hydrogen (secondary N) is 1. The number of nitrogens with zero attached hydrogens (tertiary/aromatic N) is 3. The number of rotatable bonds is 8. The first-order valence-corrected chi connectivity index (χ1v) is 6.98. The molecular weight excluding hydrogens is 224 g/mol. The van der Waals surface area contributed by atoms with E-state index >= 15 is 0 Å². The lowest BCUT2D eigenvalue weighted by atomic mass is 10.2. The number of hydrogen-bond acceptors (Lipinski definition) is 3. The summed E-state index contributed by atoms with van der Waals surface area (Å²) in [5.74, 6) is 1.02. The largest absolute Gasteiger partial charge is 0.356 e. The molecule has 0 spiro atoms. The van der Waals surface area contributed by atoms with Crippen LogP contribution in [0.15, 0.2) is 6.20 Å². The molecule has 4 heteroatoms. The quantitative estimate of drug-likeness (QED) is 0.722. The van der Waals surface area contributed by atoms with Crippen molar-refractivity contribution in [3.63, 3.8) is 0 Å². The van der Waals surface area contributed by atoms with E-state index in [0.717, 1.165) is 31.2 Å². The van der Waals surface area contributed by atoms with Crippen molar-refractivity contribution in [1.82, 2.24) is 14.5 Å². The summed E-state index contributed by atoms with van der Waals surface area (Å²) in [6, 6.07) is 0.484. The van der Waals surface area contributed by atoms with E-state index in [2.05, 4.69) is 60.8 Å². The maximum atomic E-state index is 4.57. The minimum Gasteiger partial charge on any atom is -0.356 e. The van der Waals surface area contributed by atoms with E-state index in [0.29, 0.717) is 6.04 Å². The minimum absolute atomic E-state index is 0.484. The molecule has 1 N–H and O–H groups in total. The van der Waals surface area contributed by atoms with E-state index in [4.69, 9.17) is 0 Å². The van der Waals surface area contributed by atoms with Gasteiger partial charge in [-0.25, -0.2) is 4.98 Å². The molecule has 1 atom stereocenters. The van der Waals surface area contributed by atoms with Gasteiger partial charge in [-0.3, -0.25) is 0 Å². The number of aryl methyl sites for hydroxylation is 1. The van der Waals surface area contributed by atoms with Crippen LogP contribution in [0.4, 0.5) is 5.95 Å². The second-order valence-corrected chi connectivity index (χ2v) is 5.33. The lowest BCUT2D eigenvalue weighted by Gasteiger charge is -2.19. The van der Waals surface area contributed by atoms with Gasteiger partial charge >= 0.3 is 0 Å². The van der Waals surface area contributed by atoms with E-state index in [-0.39, 0.29) is 0 Å². The average Bonchev–Trinajstić information content (AvgIpc) is 2.68. The maximum absolute atomic E-state index is 4.57. The van der Waals surface area contributed by atoms with Gasteiger partial charge in [-0.15, -0.1) is 0 Å². The average molecular weight is 252 g/mol. The molecule has 1 aromatic rings. The van der Waals surface area contributed by atoms with Gasteiger partial charge in [0.25, 0.3) is 0 Å². The Morgan fingerprint density at radius 3 is 2.78 bits per heavy atom. The number of imidazole rings is 1. The zero-order valence-electron chi connectivity index (χ0n) is 12.5. The summed E-state index contributed by atoms with van der Waals surface area (Å²) < 4.78 is 2.27. The fourth-order valence-corrected chi connectivity index (χ4v) is 1.94. The predicted molar refractivity (Wildman–Crippen MR) is 78.2 cm³/mol. The van der Waals surface area contributed by atoms with E-state index < -0.39 is 0 Å². The van der Waals surface area contributed by atoms with Crippen LogP contribution >= 0.6 is 0 Å². The van der Waals surface area contributed by atoms with Gasteiger partial charge in [-0.05, 0) is 47.3 Å². The van der Waals surface area contributed by atoms with Crippen LogP contribution in [0, 0.1) is 6.92 Å². The van der Waals surface area contributed by atoms with E-state index in [1.165, 1.54) is 12.8 Å². The van der Waals surface area contributed by atoms with Crippen molar-refractivity contribution >= 4 is 5.95 Å². The Morgan fingerprint density at radius 1 is 1.44 bits per heavy atom. The lowest BCUT2D eigenvalue weighted by Crippen LogP contribution is -2.18. The Bertz CT molecular complexity index is 344. The molecule has 0 aliphatic rings. The Hall–Kier alpha value is -1.03. The number of unbranched alkanes of at least 4 members (excludes halogenated alkanes) is 1. The molecule has 1 rings (SSSR count). The number of anilines is 1. The van der Waals surface area contributed by atoms with Gasteiger partial charge < -0.3 is 14.8 Å². The molecule has 0 saturated heterocycles. The van der Waals surface area contributed by atoms with Gasteiger partial charge in [0.15, 0.2) is 0 Å². The maximum Gasteiger partial charge on any atom is 0.203 e. The molecule has 0 radical (unpaired) electrons. The molecule has 0 bridgehead atoms. The highest BCUT2D eigenvalue weighted by Crippen LogP contribution is 2.18. The van der Waals surface area contributed by atoms with E-state index in [1.807, 2.05) is 0 Å². The van der Waals surface area contributed by atoms with E-state index in [1.54, 1.807) is 0 Å². The molecule has 4 nitrogen and oxygen atoms in total. The topological polar surface area (TPSA) is 33.1 Å². The van der Waals surface area contributed by atoms with Crippen LogP contribution in [-0.4, -0.2) is 41.6 Å². The van der Waals surface area contributed by atoms with Crippen LogP contribution < -0.4 is 5.32 Å². The predicted octanol–water partition coefficient (Wildman–Crippen LogP) is 2.92. The summed E-state index contributed by atoms with van der Waals surface area (Å²) in [5, 5.41) is 3.44. The zero-order chi connectivity index (χ0) is 13.5. The van der Waals surface area contributed by atoms with Crippen molar-refractivity contribution in [2.24, 2.45) is 0 Å². The van der Waals surface area contributed by atoms with Gasteiger partial charge in [-0.2, -0.15) is 0 Å². The Kier molecular flexibility index (Phi) is 6.19. The summed E-state index contributed by atoms with van der Waals surface area (Å²) in [5.41, 5.74) is 1.09. The highest BCUT2D eigenvalue weighted by molar-refractivity contribution is 5.29. The Balaban J connectivity index is 2.62. The first kappa shape index (κ1) is 15.0. The molecule has 18 heavy (non-hydrogen) atoms. The summed E-state index contributed by atoms with van der Waals surface area (Å²) in [7, 11) is 4.23. The zero-order valence-corrected chi connectivity index (χ0v) is 12.5. The first-order chi connectivity index (χ1) is 8.54. The molecule has 0 fully saturated rings. The molecule has 0 amide bonds. The van der Waals surface area contributed by atoms with Crippen LogP contribution in [0.25, 0.3) is 0 Å². The molecular formula is C14H28N4. The van der Waals surface area contributed by atoms with E-state index in [9.17, 15) is 0 Å². The van der Waals surface area contributed by atoms with Crippen LogP contribution in [0.2, 0.25) is 0 Å². The Labute approximate surface area is 111 Å². The molecule has 1 unspecified atom stereocenters. The van der Waals surface area contributed by atoms with Gasteiger partial charge in [0.1, 0.15) is 0 Å². The van der Waals surface area contributed by atoms with Crippen molar-refractivity contribution in [2.45, 2.75) is 46.1 Å². The summed E-state index contributed by atoms with van der Waals surface area (Å²) >= 11 is 0. The second-order valence-electron chi connectivity index (χ2n) is 5.33. The summed E-state index contributed by atoms with van der Waals surface area (Å²) in [6.07, 6.45) is 5.70. The van der Waals surface area contributed by atoms with Gasteiger partial charge in [0.2, 0.25) is 5.95 Å². The Morgan fingerprint density at radius 2 is 2.17 bits per heavy atom. The smallest absolute Gasteiger partial charge is 0.203 e. The van der Waals surface area contributed by atoms with Crippen molar-refractivity contribution in [1.29, 1.82) is 0 Å². The molecule has 1 aromatic heterocycles. The third kappa shape index (κ3) is 4.69. The van der Waals surface area contributed by atoms with Crippen molar-refractivity contribution < 1.29 is 0 Å². The monoisotopic (exact) mass is 252 g/mol. The number of hydrogen-bond donors (Lipinski definition) is 1. The molecule has 0 saturated carbocycles. The van der Waals surface area contributed by atoms with Crippen LogP contribution in [0.5, 0.6) is 0 Å². The van der Waals surface area contributed by atoms with Crippen LogP contribution in [0.1, 0.15) is 44.8 Å². The molecule has 0 aliphatic carbocycles. The first-order valence-electron chi connectivity index (χ1n) is 6.98. The minimum atomic E-state index is 0.484. The van der Waals surface area contributed by atoms with Gasteiger partial charge in [0.05, 0.1) is 5.69 Å².